The predicted octanol–water partition coefficient (Wildman–Crippen LogP) is 5.00. The normalized spacial score (nSPS) is 13.3. The topological polar surface area (TPSA) is 49.3 Å². The van der Waals surface area contributed by atoms with Gasteiger partial charge in [-0.3, -0.25) is 4.79 Å². The molecule has 2 aromatic rings. The second kappa shape index (κ2) is 7.51. The quantitative estimate of drug-likeness (QED) is 0.751. The Kier molecular flexibility index (Phi) is 5.67. The Morgan fingerprint density at radius 3 is 2.48 bits per heavy atom. The van der Waals surface area contributed by atoms with E-state index in [2.05, 4.69) is 5.32 Å². The van der Waals surface area contributed by atoms with E-state index in [1.54, 1.807) is 6.92 Å². The first kappa shape index (κ1) is 17.4. The number of hydrogen-bond donors (Lipinski definition) is 2. The van der Waals surface area contributed by atoms with Crippen molar-refractivity contribution in [2.24, 2.45) is 5.41 Å². The number of anilines is 1. The van der Waals surface area contributed by atoms with Crippen molar-refractivity contribution in [1.82, 2.24) is 0 Å². The summed E-state index contributed by atoms with van der Waals surface area (Å²) < 4.78 is 0. The summed E-state index contributed by atoms with van der Waals surface area (Å²) in [6, 6.07) is 15.7. The lowest BCUT2D eigenvalue weighted by Crippen LogP contribution is -2.29. The Labute approximate surface area is 142 Å². The van der Waals surface area contributed by atoms with Crippen LogP contribution in [0.1, 0.15) is 31.4 Å². The van der Waals surface area contributed by atoms with Crippen LogP contribution in [0.25, 0.3) is 0 Å². The molecule has 4 heteroatoms. The fraction of sp³-hybridized carbons (Fsp3) is 0.316. The fourth-order valence-corrected chi connectivity index (χ4v) is 2.60. The average Bonchev–Trinajstić information content (AvgIpc) is 2.56. The van der Waals surface area contributed by atoms with Crippen LogP contribution in [0.3, 0.4) is 0 Å². The SMILES string of the molecule is CCC(C)(Cc1ccc(Cl)c(NCc2ccccc2)c1)C(=O)O. The van der Waals surface area contributed by atoms with Crippen LogP contribution in [0, 0.1) is 5.41 Å². The molecular formula is C19H22ClNO2. The molecule has 122 valence electrons. The smallest absolute Gasteiger partial charge is 0.309 e. The molecule has 2 N–H and O–H groups in total. The highest BCUT2D eigenvalue weighted by Crippen LogP contribution is 2.30. The van der Waals surface area contributed by atoms with Gasteiger partial charge in [0.2, 0.25) is 0 Å². The summed E-state index contributed by atoms with van der Waals surface area (Å²) in [5.74, 6) is -0.770. The van der Waals surface area contributed by atoms with Gasteiger partial charge in [0.1, 0.15) is 0 Å². The van der Waals surface area contributed by atoms with Gasteiger partial charge in [0.15, 0.2) is 0 Å². The van der Waals surface area contributed by atoms with E-state index in [0.29, 0.717) is 24.4 Å². The molecule has 2 rings (SSSR count). The number of nitrogens with one attached hydrogen (secondary N) is 1. The van der Waals surface area contributed by atoms with Crippen molar-refractivity contribution in [3.05, 3.63) is 64.7 Å². The Hall–Kier alpha value is -2.00. The molecular weight excluding hydrogens is 310 g/mol. The molecule has 0 aliphatic heterocycles. The van der Waals surface area contributed by atoms with Gasteiger partial charge in [-0.2, -0.15) is 0 Å². The second-order valence-corrected chi connectivity index (χ2v) is 6.46. The van der Waals surface area contributed by atoms with Gasteiger partial charge < -0.3 is 10.4 Å². The van der Waals surface area contributed by atoms with E-state index in [1.165, 1.54) is 0 Å². The van der Waals surface area contributed by atoms with E-state index in [9.17, 15) is 9.90 Å². The van der Waals surface area contributed by atoms with Gasteiger partial charge in [0, 0.05) is 6.54 Å². The molecule has 2 aromatic carbocycles. The minimum Gasteiger partial charge on any atom is -0.481 e. The van der Waals surface area contributed by atoms with Crippen LogP contribution >= 0.6 is 11.6 Å². The van der Waals surface area contributed by atoms with Crippen LogP contribution in [-0.4, -0.2) is 11.1 Å². The van der Waals surface area contributed by atoms with Gasteiger partial charge >= 0.3 is 5.97 Å². The Morgan fingerprint density at radius 1 is 1.17 bits per heavy atom. The van der Waals surface area contributed by atoms with Crippen LogP contribution < -0.4 is 5.32 Å². The zero-order chi connectivity index (χ0) is 16.9. The zero-order valence-corrected chi connectivity index (χ0v) is 14.2. The Bertz CT molecular complexity index is 672. The molecule has 0 aromatic heterocycles. The maximum absolute atomic E-state index is 11.5. The number of rotatable bonds is 7. The second-order valence-electron chi connectivity index (χ2n) is 6.05. The molecule has 0 saturated carbocycles. The largest absolute Gasteiger partial charge is 0.481 e. The van der Waals surface area contributed by atoms with Gasteiger partial charge in [0.05, 0.1) is 16.1 Å². The van der Waals surface area contributed by atoms with Gasteiger partial charge in [-0.25, -0.2) is 0 Å². The van der Waals surface area contributed by atoms with Crippen LogP contribution in [-0.2, 0) is 17.8 Å². The third kappa shape index (κ3) is 4.49. The molecule has 0 fully saturated rings. The van der Waals surface area contributed by atoms with E-state index >= 15 is 0 Å². The van der Waals surface area contributed by atoms with Crippen LogP contribution in [0.2, 0.25) is 5.02 Å². The fourth-order valence-electron chi connectivity index (χ4n) is 2.41. The molecule has 0 aliphatic carbocycles. The first-order valence-corrected chi connectivity index (χ1v) is 8.12. The minimum absolute atomic E-state index is 0.482. The molecule has 3 nitrogen and oxygen atoms in total. The lowest BCUT2D eigenvalue weighted by molar-refractivity contribution is -0.148. The van der Waals surface area contributed by atoms with Crippen molar-refractivity contribution in [2.45, 2.75) is 33.2 Å². The maximum atomic E-state index is 11.5. The summed E-state index contributed by atoms with van der Waals surface area (Å²) in [5.41, 5.74) is 2.20. The Morgan fingerprint density at radius 2 is 1.87 bits per heavy atom. The molecule has 0 aliphatic rings. The lowest BCUT2D eigenvalue weighted by atomic mass is 9.81. The molecule has 0 saturated heterocycles. The summed E-state index contributed by atoms with van der Waals surface area (Å²) in [5, 5.41) is 13.4. The van der Waals surface area contributed by atoms with Crippen molar-refractivity contribution in [3.63, 3.8) is 0 Å². The monoisotopic (exact) mass is 331 g/mol. The number of halogens is 1. The minimum atomic E-state index is -0.770. The number of carboxylic acids is 1. The molecule has 0 amide bonds. The van der Waals surface area contributed by atoms with Crippen molar-refractivity contribution >= 4 is 23.3 Å². The highest BCUT2D eigenvalue weighted by Gasteiger charge is 2.31. The molecule has 23 heavy (non-hydrogen) atoms. The van der Waals surface area contributed by atoms with E-state index in [0.717, 1.165) is 16.8 Å². The summed E-state index contributed by atoms with van der Waals surface area (Å²) in [6.07, 6.45) is 1.06. The van der Waals surface area contributed by atoms with Gasteiger partial charge in [-0.1, -0.05) is 54.9 Å². The number of carboxylic acid groups (broad SMARTS) is 1. The van der Waals surface area contributed by atoms with Gasteiger partial charge in [0.25, 0.3) is 0 Å². The van der Waals surface area contributed by atoms with Crippen LogP contribution in [0.15, 0.2) is 48.5 Å². The first-order valence-electron chi connectivity index (χ1n) is 7.74. The Balaban J connectivity index is 2.14. The zero-order valence-electron chi connectivity index (χ0n) is 13.5. The van der Waals surface area contributed by atoms with Crippen molar-refractivity contribution in [3.8, 4) is 0 Å². The molecule has 1 atom stereocenters. The summed E-state index contributed by atoms with van der Waals surface area (Å²) >= 11 is 6.25. The standard InChI is InChI=1S/C19H22ClNO2/c1-3-19(2,18(22)23)12-15-9-10-16(20)17(11-15)21-13-14-7-5-4-6-8-14/h4-11,21H,3,12-13H2,1-2H3,(H,22,23). The molecule has 0 radical (unpaired) electrons. The molecule has 0 heterocycles. The predicted molar refractivity (Wildman–Crippen MR) is 95.0 cm³/mol. The van der Waals surface area contributed by atoms with E-state index in [1.807, 2.05) is 55.5 Å². The maximum Gasteiger partial charge on any atom is 0.309 e. The van der Waals surface area contributed by atoms with Gasteiger partial charge in [-0.15, -0.1) is 0 Å². The number of hydrogen-bond acceptors (Lipinski definition) is 2. The van der Waals surface area contributed by atoms with E-state index < -0.39 is 11.4 Å². The average molecular weight is 332 g/mol. The van der Waals surface area contributed by atoms with Crippen molar-refractivity contribution in [1.29, 1.82) is 0 Å². The highest BCUT2D eigenvalue weighted by molar-refractivity contribution is 6.33. The molecule has 1 unspecified atom stereocenters. The number of aliphatic carboxylic acids is 1. The van der Waals surface area contributed by atoms with Crippen molar-refractivity contribution in [2.75, 3.05) is 5.32 Å². The number of carbonyl (C=O) groups is 1. The van der Waals surface area contributed by atoms with E-state index in [4.69, 9.17) is 11.6 Å². The summed E-state index contributed by atoms with van der Waals surface area (Å²) in [4.78, 5) is 11.5. The third-order valence-corrected chi connectivity index (χ3v) is 4.58. The third-order valence-electron chi connectivity index (χ3n) is 4.25. The molecule has 0 spiro atoms. The highest BCUT2D eigenvalue weighted by atomic mass is 35.5. The number of benzene rings is 2. The van der Waals surface area contributed by atoms with Gasteiger partial charge in [-0.05, 0) is 43.0 Å². The first-order chi connectivity index (χ1) is 10.9. The van der Waals surface area contributed by atoms with Crippen molar-refractivity contribution < 1.29 is 9.90 Å². The molecule has 0 bridgehead atoms. The summed E-state index contributed by atoms with van der Waals surface area (Å²) in [6.45, 7) is 4.35. The summed E-state index contributed by atoms with van der Waals surface area (Å²) in [7, 11) is 0. The van der Waals surface area contributed by atoms with E-state index in [-0.39, 0.29) is 0 Å². The van der Waals surface area contributed by atoms with Crippen LogP contribution in [0.5, 0.6) is 0 Å². The van der Waals surface area contributed by atoms with Crippen LogP contribution in [0.4, 0.5) is 5.69 Å². The lowest BCUT2D eigenvalue weighted by Gasteiger charge is -2.23.